The Kier molecular flexibility index (Phi) is 8.00. The number of nitrogens with two attached hydrogens (primary N) is 1. The number of rotatable bonds is 11. The Balaban J connectivity index is 2.00. The third kappa shape index (κ3) is 6.10. The smallest absolute Gasteiger partial charge is 0.0310 e. The Bertz CT molecular complexity index is 507. The van der Waals surface area contributed by atoms with E-state index < -0.39 is 0 Å². The average molecular weight is 325 g/mol. The highest BCUT2D eigenvalue weighted by molar-refractivity contribution is 5.17. The van der Waals surface area contributed by atoms with E-state index in [1.165, 1.54) is 30.4 Å². The van der Waals surface area contributed by atoms with Gasteiger partial charge in [-0.1, -0.05) is 86.8 Å². The third-order valence-electron chi connectivity index (χ3n) is 4.90. The van der Waals surface area contributed by atoms with E-state index in [9.17, 15) is 0 Å². The highest BCUT2D eigenvalue weighted by atomic mass is 15.0. The lowest BCUT2D eigenvalue weighted by Gasteiger charge is -2.34. The van der Waals surface area contributed by atoms with Crippen LogP contribution in [0.25, 0.3) is 0 Å². The Labute approximate surface area is 147 Å². The van der Waals surface area contributed by atoms with Crippen LogP contribution in [-0.4, -0.2) is 12.1 Å². The summed E-state index contributed by atoms with van der Waals surface area (Å²) in [5.74, 6) is 0. The van der Waals surface area contributed by atoms with Crippen LogP contribution >= 0.6 is 0 Å². The normalized spacial score (nSPS) is 13.6. The van der Waals surface area contributed by atoms with Gasteiger partial charge in [0.05, 0.1) is 0 Å². The lowest BCUT2D eigenvalue weighted by molar-refractivity contribution is 0.277. The number of hydrogen-bond acceptors (Lipinski definition) is 2. The maximum absolute atomic E-state index is 6.26. The molecule has 1 atom stereocenters. The molecule has 0 fully saturated rings. The van der Waals surface area contributed by atoms with Crippen LogP contribution in [0.2, 0.25) is 0 Å². The van der Waals surface area contributed by atoms with Gasteiger partial charge in [0, 0.05) is 18.6 Å². The molecule has 3 N–H and O–H groups in total. The van der Waals surface area contributed by atoms with Crippen molar-refractivity contribution in [2.75, 3.05) is 6.54 Å². The monoisotopic (exact) mass is 324 g/mol. The molecule has 2 aromatic carbocycles. The number of aryl methyl sites for hydroxylation is 1. The molecule has 2 heteroatoms. The fourth-order valence-electron chi connectivity index (χ4n) is 3.21. The summed E-state index contributed by atoms with van der Waals surface area (Å²) in [6.45, 7) is 3.83. The van der Waals surface area contributed by atoms with Gasteiger partial charge in [0.1, 0.15) is 0 Å². The van der Waals surface area contributed by atoms with E-state index in [1.54, 1.807) is 0 Å². The minimum Gasteiger partial charge on any atom is -0.329 e. The molecule has 0 radical (unpaired) electrons. The first kappa shape index (κ1) is 18.7. The van der Waals surface area contributed by atoms with E-state index in [0.717, 1.165) is 25.8 Å². The summed E-state index contributed by atoms with van der Waals surface area (Å²) in [6, 6.07) is 21.4. The average Bonchev–Trinajstić information content (AvgIpc) is 2.65. The maximum atomic E-state index is 6.26. The SMILES string of the molecule is CCCCCC(CN)(CCc1ccccc1)NCc1ccccc1. The molecule has 0 spiro atoms. The zero-order valence-electron chi connectivity index (χ0n) is 15.0. The first-order valence-electron chi connectivity index (χ1n) is 9.31. The van der Waals surface area contributed by atoms with Crippen LogP contribution in [0.4, 0.5) is 0 Å². The van der Waals surface area contributed by atoms with E-state index >= 15 is 0 Å². The molecule has 1 unspecified atom stereocenters. The Morgan fingerprint density at radius 2 is 1.46 bits per heavy atom. The third-order valence-corrected chi connectivity index (χ3v) is 4.90. The molecule has 0 amide bonds. The summed E-state index contributed by atoms with van der Waals surface area (Å²) in [4.78, 5) is 0. The number of unbranched alkanes of at least 4 members (excludes halogenated alkanes) is 2. The topological polar surface area (TPSA) is 38.0 Å². The summed E-state index contributed by atoms with van der Waals surface area (Å²) in [6.07, 6.45) is 7.08. The molecule has 2 rings (SSSR count). The maximum Gasteiger partial charge on any atom is 0.0310 e. The largest absolute Gasteiger partial charge is 0.329 e. The highest BCUT2D eigenvalue weighted by Gasteiger charge is 2.27. The molecule has 0 aliphatic heterocycles. The number of benzene rings is 2. The van der Waals surface area contributed by atoms with Crippen LogP contribution in [0.5, 0.6) is 0 Å². The van der Waals surface area contributed by atoms with Crippen LogP contribution < -0.4 is 11.1 Å². The first-order valence-corrected chi connectivity index (χ1v) is 9.31. The van der Waals surface area contributed by atoms with Crippen molar-refractivity contribution in [2.45, 2.75) is 57.5 Å². The van der Waals surface area contributed by atoms with E-state index in [-0.39, 0.29) is 5.54 Å². The Morgan fingerprint density at radius 3 is 2.04 bits per heavy atom. The molecular weight excluding hydrogens is 292 g/mol. The van der Waals surface area contributed by atoms with Gasteiger partial charge < -0.3 is 11.1 Å². The lowest BCUT2D eigenvalue weighted by atomic mass is 9.85. The van der Waals surface area contributed by atoms with Crippen LogP contribution in [0.3, 0.4) is 0 Å². The summed E-state index contributed by atoms with van der Waals surface area (Å²) >= 11 is 0. The van der Waals surface area contributed by atoms with Crippen LogP contribution in [0, 0.1) is 0 Å². The minimum atomic E-state index is 0.0286. The summed E-state index contributed by atoms with van der Waals surface area (Å²) in [5.41, 5.74) is 9.00. The first-order chi connectivity index (χ1) is 11.8. The van der Waals surface area contributed by atoms with Gasteiger partial charge in [-0.25, -0.2) is 0 Å². The second-order valence-electron chi connectivity index (χ2n) is 6.77. The molecule has 0 heterocycles. The minimum absolute atomic E-state index is 0.0286. The van der Waals surface area contributed by atoms with E-state index in [2.05, 4.69) is 72.9 Å². The number of hydrogen-bond donors (Lipinski definition) is 2. The van der Waals surface area contributed by atoms with E-state index in [0.29, 0.717) is 6.54 Å². The highest BCUT2D eigenvalue weighted by Crippen LogP contribution is 2.22. The second kappa shape index (κ2) is 10.3. The van der Waals surface area contributed by atoms with Gasteiger partial charge in [-0.3, -0.25) is 0 Å². The summed E-state index contributed by atoms with van der Waals surface area (Å²) < 4.78 is 0. The van der Waals surface area contributed by atoms with Crippen LogP contribution in [-0.2, 0) is 13.0 Å². The van der Waals surface area contributed by atoms with Gasteiger partial charge in [-0.05, 0) is 30.4 Å². The molecule has 0 aliphatic carbocycles. The predicted molar refractivity (Wildman–Crippen MR) is 104 cm³/mol. The van der Waals surface area contributed by atoms with Crippen molar-refractivity contribution in [2.24, 2.45) is 5.73 Å². The molecule has 0 aromatic heterocycles. The predicted octanol–water partition coefficient (Wildman–Crippen LogP) is 4.69. The van der Waals surface area contributed by atoms with Gasteiger partial charge >= 0.3 is 0 Å². The zero-order valence-corrected chi connectivity index (χ0v) is 15.0. The standard InChI is InChI=1S/C22H32N2/c1-2-3-10-16-22(19-23,17-15-20-11-6-4-7-12-20)24-18-21-13-8-5-9-14-21/h4-9,11-14,24H,2-3,10,15-19,23H2,1H3. The molecule has 2 nitrogen and oxygen atoms in total. The molecule has 130 valence electrons. The molecule has 0 saturated heterocycles. The lowest BCUT2D eigenvalue weighted by Crippen LogP contribution is -2.51. The molecule has 0 bridgehead atoms. The summed E-state index contributed by atoms with van der Waals surface area (Å²) in [7, 11) is 0. The van der Waals surface area contributed by atoms with Gasteiger partial charge in [0.15, 0.2) is 0 Å². The molecule has 0 aliphatic rings. The van der Waals surface area contributed by atoms with Gasteiger partial charge in [-0.15, -0.1) is 0 Å². The van der Waals surface area contributed by atoms with Crippen molar-refractivity contribution in [3.63, 3.8) is 0 Å². The molecule has 2 aromatic rings. The van der Waals surface area contributed by atoms with Crippen molar-refractivity contribution in [1.82, 2.24) is 5.32 Å². The van der Waals surface area contributed by atoms with E-state index in [4.69, 9.17) is 5.73 Å². The Morgan fingerprint density at radius 1 is 0.833 bits per heavy atom. The fourth-order valence-corrected chi connectivity index (χ4v) is 3.21. The van der Waals surface area contributed by atoms with Crippen LogP contribution in [0.1, 0.15) is 50.2 Å². The van der Waals surface area contributed by atoms with Crippen molar-refractivity contribution >= 4 is 0 Å². The van der Waals surface area contributed by atoms with Crippen molar-refractivity contribution < 1.29 is 0 Å². The quantitative estimate of drug-likeness (QED) is 0.589. The van der Waals surface area contributed by atoms with Crippen LogP contribution in [0.15, 0.2) is 60.7 Å². The van der Waals surface area contributed by atoms with E-state index in [1.807, 2.05) is 0 Å². The van der Waals surface area contributed by atoms with Gasteiger partial charge in [0.2, 0.25) is 0 Å². The van der Waals surface area contributed by atoms with Crippen molar-refractivity contribution in [3.8, 4) is 0 Å². The zero-order chi connectivity index (χ0) is 17.1. The number of nitrogens with one attached hydrogen (secondary N) is 1. The van der Waals surface area contributed by atoms with Crippen molar-refractivity contribution in [3.05, 3.63) is 71.8 Å². The Hall–Kier alpha value is -1.64. The molecule has 0 saturated carbocycles. The van der Waals surface area contributed by atoms with Gasteiger partial charge in [0.25, 0.3) is 0 Å². The van der Waals surface area contributed by atoms with Crippen molar-refractivity contribution in [1.29, 1.82) is 0 Å². The molecular formula is C22H32N2. The van der Waals surface area contributed by atoms with Gasteiger partial charge in [-0.2, -0.15) is 0 Å². The fraction of sp³-hybridized carbons (Fsp3) is 0.455. The molecule has 24 heavy (non-hydrogen) atoms. The second-order valence-corrected chi connectivity index (χ2v) is 6.77. The summed E-state index contributed by atoms with van der Waals surface area (Å²) in [5, 5.41) is 3.80.